The Balaban J connectivity index is 3.58. The summed E-state index contributed by atoms with van der Waals surface area (Å²) in [4.78, 5) is 9.54. The fourth-order valence-electron chi connectivity index (χ4n) is 1.15. The highest BCUT2D eigenvalue weighted by Crippen LogP contribution is 2.30. The maximum atomic E-state index is 11.5. The summed E-state index contributed by atoms with van der Waals surface area (Å²) in [6.07, 6.45) is 0. The summed E-state index contributed by atoms with van der Waals surface area (Å²) in [6.45, 7) is 0. The second kappa shape index (κ2) is 4.43. The molecule has 1 rings (SSSR count). The minimum Gasteiger partial charge on any atom is -0.318 e. The number of hydrogen-bond acceptors (Lipinski definition) is 6. The average molecular weight is 246 g/mol. The van der Waals surface area contributed by atoms with Crippen LogP contribution in [0.15, 0.2) is 23.1 Å². The molecule has 1 aromatic rings. The molecule has 0 amide bonds. The minimum atomic E-state index is -3.89. The zero-order chi connectivity index (χ0) is 12.3. The van der Waals surface area contributed by atoms with E-state index in [0.29, 0.717) is 0 Å². The van der Waals surface area contributed by atoms with Crippen LogP contribution < -0.4 is 16.0 Å². The topological polar surface area (TPSA) is 127 Å². The lowest BCUT2D eigenvalue weighted by Crippen LogP contribution is -2.21. The van der Waals surface area contributed by atoms with E-state index in [4.69, 9.17) is 5.84 Å². The Morgan fingerprint density at radius 1 is 1.44 bits per heavy atom. The number of nitrogen functional groups attached to an aromatic ring is 1. The molecule has 16 heavy (non-hydrogen) atoms. The van der Waals surface area contributed by atoms with Gasteiger partial charge in [0.2, 0.25) is 10.0 Å². The number of anilines is 1. The highest BCUT2D eigenvalue weighted by Gasteiger charge is 2.27. The third kappa shape index (κ3) is 2.10. The lowest BCUT2D eigenvalue weighted by atomic mass is 10.3. The maximum Gasteiger partial charge on any atom is 0.313 e. The first-order chi connectivity index (χ1) is 7.44. The third-order valence-electron chi connectivity index (χ3n) is 1.90. The van der Waals surface area contributed by atoms with Gasteiger partial charge in [0.25, 0.3) is 0 Å². The van der Waals surface area contributed by atoms with Gasteiger partial charge in [-0.1, -0.05) is 6.07 Å². The Hall–Kier alpha value is -1.71. The number of para-hydroxylation sites is 1. The molecule has 0 aliphatic carbocycles. The number of nitrogens with one attached hydrogen (secondary N) is 2. The van der Waals surface area contributed by atoms with Gasteiger partial charge in [-0.3, -0.25) is 16.0 Å². The van der Waals surface area contributed by atoms with Crippen molar-refractivity contribution in [1.82, 2.24) is 4.72 Å². The Morgan fingerprint density at radius 2 is 2.06 bits per heavy atom. The zero-order valence-corrected chi connectivity index (χ0v) is 9.11. The van der Waals surface area contributed by atoms with Crippen LogP contribution in [0.2, 0.25) is 0 Å². The van der Waals surface area contributed by atoms with Crippen molar-refractivity contribution >= 4 is 21.4 Å². The Kier molecular flexibility index (Phi) is 3.42. The molecule has 0 aromatic heterocycles. The molecule has 9 heteroatoms. The number of nitrogens with two attached hydrogens (primary N) is 1. The first-order valence-electron chi connectivity index (χ1n) is 4.11. The van der Waals surface area contributed by atoms with E-state index in [1.54, 1.807) is 0 Å². The van der Waals surface area contributed by atoms with Crippen LogP contribution in [0.25, 0.3) is 0 Å². The van der Waals surface area contributed by atoms with Gasteiger partial charge in [0.05, 0.1) is 4.92 Å². The van der Waals surface area contributed by atoms with Gasteiger partial charge in [-0.15, -0.1) is 0 Å². The van der Waals surface area contributed by atoms with E-state index in [2.05, 4.69) is 5.43 Å². The molecule has 8 nitrogen and oxygen atoms in total. The van der Waals surface area contributed by atoms with Crippen molar-refractivity contribution in [3.63, 3.8) is 0 Å². The second-order valence-corrected chi connectivity index (χ2v) is 4.62. The van der Waals surface area contributed by atoms with E-state index >= 15 is 0 Å². The van der Waals surface area contributed by atoms with Crippen molar-refractivity contribution in [2.24, 2.45) is 5.84 Å². The van der Waals surface area contributed by atoms with Gasteiger partial charge in [0, 0.05) is 0 Å². The van der Waals surface area contributed by atoms with E-state index in [-0.39, 0.29) is 5.69 Å². The molecule has 0 heterocycles. The van der Waals surface area contributed by atoms with Crippen LogP contribution in [0.5, 0.6) is 0 Å². The SMILES string of the molecule is CNS(=O)(=O)c1cccc(NN)c1[N+](=O)[O-]. The molecule has 0 unspecified atom stereocenters. The van der Waals surface area contributed by atoms with Gasteiger partial charge in [-0.05, 0) is 19.2 Å². The first kappa shape index (κ1) is 12.4. The highest BCUT2D eigenvalue weighted by molar-refractivity contribution is 7.89. The summed E-state index contributed by atoms with van der Waals surface area (Å²) < 4.78 is 25.0. The van der Waals surface area contributed by atoms with Crippen LogP contribution in [0.4, 0.5) is 11.4 Å². The molecule has 88 valence electrons. The van der Waals surface area contributed by atoms with Crippen molar-refractivity contribution in [1.29, 1.82) is 0 Å². The average Bonchev–Trinajstić information content (AvgIpc) is 2.27. The summed E-state index contributed by atoms with van der Waals surface area (Å²) in [5, 5.41) is 10.8. The number of sulfonamides is 1. The summed E-state index contributed by atoms with van der Waals surface area (Å²) in [7, 11) is -2.73. The molecular formula is C7H10N4O4S. The predicted octanol–water partition coefficient (Wildman–Crippen LogP) is -0.211. The Bertz CT molecular complexity index is 513. The number of hydrogen-bond donors (Lipinski definition) is 3. The molecule has 0 radical (unpaired) electrons. The van der Waals surface area contributed by atoms with E-state index in [1.165, 1.54) is 19.2 Å². The first-order valence-corrected chi connectivity index (χ1v) is 5.60. The molecule has 0 spiro atoms. The summed E-state index contributed by atoms with van der Waals surface area (Å²) in [6, 6.07) is 3.80. The molecule has 0 atom stereocenters. The quantitative estimate of drug-likeness (QED) is 0.383. The number of nitro groups is 1. The third-order valence-corrected chi connectivity index (χ3v) is 3.34. The molecule has 0 saturated carbocycles. The summed E-state index contributed by atoms with van der Waals surface area (Å²) >= 11 is 0. The van der Waals surface area contributed by atoms with Crippen LogP contribution >= 0.6 is 0 Å². The summed E-state index contributed by atoms with van der Waals surface area (Å²) in [5.74, 6) is 5.07. The number of benzene rings is 1. The Labute approximate surface area is 91.6 Å². The van der Waals surface area contributed by atoms with E-state index in [9.17, 15) is 18.5 Å². The van der Waals surface area contributed by atoms with E-state index in [1.807, 2.05) is 4.72 Å². The van der Waals surface area contributed by atoms with Crippen molar-refractivity contribution in [2.75, 3.05) is 12.5 Å². The molecule has 0 bridgehead atoms. The minimum absolute atomic E-state index is 0.0682. The molecule has 4 N–H and O–H groups in total. The van der Waals surface area contributed by atoms with Crippen LogP contribution in [0.3, 0.4) is 0 Å². The fourth-order valence-corrected chi connectivity index (χ4v) is 2.07. The second-order valence-electron chi connectivity index (χ2n) is 2.76. The molecule has 0 aliphatic rings. The number of nitrogens with zero attached hydrogens (tertiary/aromatic N) is 1. The van der Waals surface area contributed by atoms with Crippen LogP contribution in [0.1, 0.15) is 0 Å². The monoisotopic (exact) mass is 246 g/mol. The van der Waals surface area contributed by atoms with Crippen molar-refractivity contribution in [3.8, 4) is 0 Å². The fraction of sp³-hybridized carbons (Fsp3) is 0.143. The van der Waals surface area contributed by atoms with Crippen LogP contribution in [-0.4, -0.2) is 20.4 Å². The van der Waals surface area contributed by atoms with Gasteiger partial charge in [-0.25, -0.2) is 13.1 Å². The molecule has 0 aliphatic heterocycles. The van der Waals surface area contributed by atoms with Gasteiger partial charge < -0.3 is 5.43 Å². The smallest absolute Gasteiger partial charge is 0.313 e. The normalized spacial score (nSPS) is 11.1. The number of hydrazine groups is 1. The maximum absolute atomic E-state index is 11.5. The molecule has 1 aromatic carbocycles. The van der Waals surface area contributed by atoms with Crippen LogP contribution in [-0.2, 0) is 10.0 Å². The molecule has 0 fully saturated rings. The Morgan fingerprint density at radius 3 is 2.50 bits per heavy atom. The van der Waals surface area contributed by atoms with E-state index in [0.717, 1.165) is 6.07 Å². The lowest BCUT2D eigenvalue weighted by Gasteiger charge is -2.07. The van der Waals surface area contributed by atoms with Crippen LogP contribution in [0, 0.1) is 10.1 Å². The van der Waals surface area contributed by atoms with E-state index < -0.39 is 25.5 Å². The van der Waals surface area contributed by atoms with Gasteiger partial charge in [0.15, 0.2) is 4.90 Å². The standard InChI is InChI=1S/C7H10N4O4S/c1-9-16(14,15)6-4-2-3-5(10-8)7(6)11(12)13/h2-4,9-10H,8H2,1H3. The zero-order valence-electron chi connectivity index (χ0n) is 8.30. The molecular weight excluding hydrogens is 236 g/mol. The van der Waals surface area contributed by atoms with Crippen molar-refractivity contribution < 1.29 is 13.3 Å². The summed E-state index contributed by atoms with van der Waals surface area (Å²) in [5.41, 5.74) is 1.43. The van der Waals surface area contributed by atoms with Gasteiger partial charge in [0.1, 0.15) is 5.69 Å². The number of nitro benzene ring substituents is 1. The molecule has 0 saturated heterocycles. The van der Waals surface area contributed by atoms with Crippen molar-refractivity contribution in [3.05, 3.63) is 28.3 Å². The predicted molar refractivity (Wildman–Crippen MR) is 57.2 cm³/mol. The van der Waals surface area contributed by atoms with Gasteiger partial charge >= 0.3 is 5.69 Å². The number of rotatable bonds is 4. The van der Waals surface area contributed by atoms with Gasteiger partial charge in [-0.2, -0.15) is 0 Å². The van der Waals surface area contributed by atoms with Crippen molar-refractivity contribution in [2.45, 2.75) is 4.90 Å². The highest BCUT2D eigenvalue weighted by atomic mass is 32.2. The largest absolute Gasteiger partial charge is 0.318 e. The lowest BCUT2D eigenvalue weighted by molar-refractivity contribution is -0.386.